The number of nitrogens with one attached hydrogen (secondary N) is 2. The highest BCUT2D eigenvalue weighted by Crippen LogP contribution is 2.34. The first kappa shape index (κ1) is 19.1. The molecule has 2 fully saturated rings. The molecule has 0 amide bonds. The Labute approximate surface area is 173 Å². The fraction of sp³-hybridized carbons (Fsp3) is 0.381. The molecule has 0 unspecified atom stereocenters. The summed E-state index contributed by atoms with van der Waals surface area (Å²) in [7, 11) is 0. The van der Waals surface area contributed by atoms with E-state index in [1.165, 1.54) is 12.1 Å². The smallest absolute Gasteiger partial charge is 0.223 e. The largest absolute Gasteiger partial charge is 0.351 e. The Kier molecular flexibility index (Phi) is 4.73. The van der Waals surface area contributed by atoms with Crippen molar-refractivity contribution in [2.45, 2.75) is 37.6 Å². The zero-order valence-electron chi connectivity index (χ0n) is 16.6. The number of imidazole rings is 1. The van der Waals surface area contributed by atoms with Gasteiger partial charge in [0.1, 0.15) is 5.82 Å². The van der Waals surface area contributed by atoms with Crippen LogP contribution in [0.5, 0.6) is 0 Å². The van der Waals surface area contributed by atoms with E-state index in [1.807, 2.05) is 13.0 Å². The molecule has 9 heteroatoms. The van der Waals surface area contributed by atoms with Crippen molar-refractivity contribution in [2.75, 3.05) is 18.5 Å². The molecule has 1 saturated carbocycles. The molecule has 3 aromatic rings. The van der Waals surface area contributed by atoms with Gasteiger partial charge in [-0.3, -0.25) is 0 Å². The number of H-pyrrole nitrogens is 1. The monoisotopic (exact) mass is 410 g/mol. The van der Waals surface area contributed by atoms with Crippen LogP contribution in [-0.2, 0) is 9.47 Å². The number of ether oxygens (including phenoxy) is 2. The van der Waals surface area contributed by atoms with Gasteiger partial charge in [-0.1, -0.05) is 0 Å². The predicted octanol–water partition coefficient (Wildman–Crippen LogP) is 3.01. The summed E-state index contributed by atoms with van der Waals surface area (Å²) in [5, 5.41) is 3.30. The molecule has 1 aromatic carbocycles. The molecule has 3 heterocycles. The van der Waals surface area contributed by atoms with Gasteiger partial charge in [-0.25, -0.2) is 19.3 Å². The highest BCUT2D eigenvalue weighted by Gasteiger charge is 2.32. The van der Waals surface area contributed by atoms with Crippen LogP contribution >= 0.6 is 0 Å². The van der Waals surface area contributed by atoms with E-state index < -0.39 is 11.8 Å². The second-order valence-corrected chi connectivity index (χ2v) is 8.14. The third-order valence-electron chi connectivity index (χ3n) is 5.01. The van der Waals surface area contributed by atoms with Crippen LogP contribution in [0.3, 0.4) is 0 Å². The van der Waals surface area contributed by atoms with Crippen LogP contribution in [0, 0.1) is 5.82 Å². The molecular weight excluding hydrogens is 387 g/mol. The summed E-state index contributed by atoms with van der Waals surface area (Å²) in [6.07, 6.45) is 3.29. The van der Waals surface area contributed by atoms with E-state index in [1.54, 1.807) is 18.3 Å². The van der Waals surface area contributed by atoms with E-state index in [0.29, 0.717) is 48.1 Å². The third-order valence-corrected chi connectivity index (χ3v) is 5.01. The fourth-order valence-corrected chi connectivity index (χ4v) is 3.26. The summed E-state index contributed by atoms with van der Waals surface area (Å²) in [6.45, 7) is 2.57. The number of aromatic nitrogens is 4. The molecule has 156 valence electrons. The minimum absolute atomic E-state index is 0.310. The maximum Gasteiger partial charge on any atom is 0.223 e. The van der Waals surface area contributed by atoms with Crippen molar-refractivity contribution in [3.63, 3.8) is 0 Å². The molecule has 0 bridgehead atoms. The average Bonchev–Trinajstić information content (AvgIpc) is 3.43. The molecule has 2 aromatic heterocycles. The predicted molar refractivity (Wildman–Crippen MR) is 109 cm³/mol. The number of hydrogen-bond donors (Lipinski definition) is 3. The quantitative estimate of drug-likeness (QED) is 0.593. The average molecular weight is 410 g/mol. The first-order valence-corrected chi connectivity index (χ1v) is 9.95. The highest BCUT2D eigenvalue weighted by atomic mass is 19.1. The van der Waals surface area contributed by atoms with Crippen molar-refractivity contribution in [3.05, 3.63) is 48.2 Å². The maximum absolute atomic E-state index is 13.5. The number of hydrogen-bond acceptors (Lipinski definition) is 7. The molecule has 0 atom stereocenters. The Hall–Kier alpha value is -2.88. The molecule has 30 heavy (non-hydrogen) atoms. The molecule has 1 aliphatic carbocycles. The van der Waals surface area contributed by atoms with Gasteiger partial charge in [0, 0.05) is 17.8 Å². The second-order valence-electron chi connectivity index (χ2n) is 8.14. The summed E-state index contributed by atoms with van der Waals surface area (Å²) >= 11 is 0. The fourth-order valence-electron chi connectivity index (χ4n) is 3.26. The van der Waals surface area contributed by atoms with E-state index in [2.05, 4.69) is 20.3 Å². The van der Waals surface area contributed by atoms with E-state index in [4.69, 9.17) is 20.2 Å². The van der Waals surface area contributed by atoms with Crippen LogP contribution in [0.2, 0.25) is 0 Å². The van der Waals surface area contributed by atoms with Crippen LogP contribution in [-0.4, -0.2) is 44.7 Å². The normalized spacial score (nSPS) is 24.0. The maximum atomic E-state index is 13.5. The van der Waals surface area contributed by atoms with Gasteiger partial charge in [-0.05, 0) is 50.1 Å². The van der Waals surface area contributed by atoms with Crippen molar-refractivity contribution in [1.82, 2.24) is 19.9 Å². The first-order valence-electron chi connectivity index (χ1n) is 9.95. The Balaban J connectivity index is 1.53. The summed E-state index contributed by atoms with van der Waals surface area (Å²) in [5.74, 6) is 0.769. The van der Waals surface area contributed by atoms with E-state index in [0.717, 1.165) is 18.4 Å². The number of nitrogens with two attached hydrogens (primary N) is 1. The lowest BCUT2D eigenvalue weighted by molar-refractivity contribution is -0.211. The summed E-state index contributed by atoms with van der Waals surface area (Å²) in [4.78, 5) is 16.9. The van der Waals surface area contributed by atoms with Gasteiger partial charge < -0.3 is 25.5 Å². The molecule has 4 N–H and O–H groups in total. The zero-order chi connectivity index (χ0) is 20.7. The second kappa shape index (κ2) is 7.42. The molecule has 0 radical (unpaired) electrons. The summed E-state index contributed by atoms with van der Waals surface area (Å²) in [6, 6.07) is 8.42. The molecule has 5 rings (SSSR count). The van der Waals surface area contributed by atoms with Gasteiger partial charge in [-0.15, -0.1) is 0 Å². The van der Waals surface area contributed by atoms with Crippen LogP contribution in [0.1, 0.15) is 31.9 Å². The molecule has 8 nitrogen and oxygen atoms in total. The molecule has 1 aliphatic heterocycles. The van der Waals surface area contributed by atoms with Gasteiger partial charge in [0.15, 0.2) is 5.82 Å². The Morgan fingerprint density at radius 2 is 1.87 bits per heavy atom. The molecule has 2 aliphatic rings. The van der Waals surface area contributed by atoms with Crippen molar-refractivity contribution in [1.29, 1.82) is 0 Å². The topological polar surface area (TPSA) is 111 Å². The lowest BCUT2D eigenvalue weighted by atomic mass is 10.1. The Morgan fingerprint density at radius 1 is 1.13 bits per heavy atom. The van der Waals surface area contributed by atoms with Crippen LogP contribution in [0.15, 0.2) is 36.5 Å². The van der Waals surface area contributed by atoms with Crippen molar-refractivity contribution in [2.24, 2.45) is 5.73 Å². The Morgan fingerprint density at radius 3 is 2.57 bits per heavy atom. The number of aromatic amines is 1. The minimum Gasteiger partial charge on any atom is -0.351 e. The Bertz CT molecular complexity index is 1040. The summed E-state index contributed by atoms with van der Waals surface area (Å²) in [5.41, 5.74) is 8.28. The SMILES string of the molecule is CC1(N)COC(c2nc(-c3ccc(F)cc3)c(-c3ccnc(NC4CC4)n3)[nH]2)OC1. The first-order chi connectivity index (χ1) is 14.5. The van der Waals surface area contributed by atoms with Gasteiger partial charge in [0.25, 0.3) is 0 Å². The van der Waals surface area contributed by atoms with Crippen LogP contribution < -0.4 is 11.1 Å². The van der Waals surface area contributed by atoms with Crippen molar-refractivity contribution < 1.29 is 13.9 Å². The van der Waals surface area contributed by atoms with Gasteiger partial charge in [0.05, 0.1) is 35.8 Å². The molecule has 0 spiro atoms. The third kappa shape index (κ3) is 4.04. The zero-order valence-corrected chi connectivity index (χ0v) is 16.6. The van der Waals surface area contributed by atoms with Gasteiger partial charge >= 0.3 is 0 Å². The lowest BCUT2D eigenvalue weighted by Gasteiger charge is -2.33. The highest BCUT2D eigenvalue weighted by molar-refractivity contribution is 5.77. The molecular formula is C21H23FN6O2. The standard InChI is InChI=1S/C21H23FN6O2/c1-21(23)10-29-19(30-11-21)18-27-16(12-2-4-13(22)5-3-12)17(28-18)15-8-9-24-20(26-15)25-14-6-7-14/h2-5,8-9,14,19H,6-7,10-11,23H2,1H3,(H,27,28)(H,24,25,26). The van der Waals surface area contributed by atoms with E-state index in [9.17, 15) is 4.39 Å². The van der Waals surface area contributed by atoms with Crippen molar-refractivity contribution >= 4 is 5.95 Å². The number of benzene rings is 1. The number of anilines is 1. The van der Waals surface area contributed by atoms with E-state index >= 15 is 0 Å². The van der Waals surface area contributed by atoms with Crippen LogP contribution in [0.25, 0.3) is 22.6 Å². The molecule has 1 saturated heterocycles. The minimum atomic E-state index is -0.666. The number of halogens is 1. The lowest BCUT2D eigenvalue weighted by Crippen LogP contribution is -2.50. The van der Waals surface area contributed by atoms with Gasteiger partial charge in [-0.2, -0.15) is 0 Å². The number of nitrogens with zero attached hydrogens (tertiary/aromatic N) is 3. The van der Waals surface area contributed by atoms with Crippen LogP contribution in [0.4, 0.5) is 10.3 Å². The van der Waals surface area contributed by atoms with E-state index in [-0.39, 0.29) is 5.82 Å². The summed E-state index contributed by atoms with van der Waals surface area (Å²) < 4.78 is 25.0. The van der Waals surface area contributed by atoms with Crippen molar-refractivity contribution in [3.8, 4) is 22.6 Å². The van der Waals surface area contributed by atoms with Gasteiger partial charge in [0.2, 0.25) is 12.2 Å². The number of rotatable bonds is 5.